The lowest BCUT2D eigenvalue weighted by molar-refractivity contribution is -0.0665. The van der Waals surface area contributed by atoms with E-state index in [1.54, 1.807) is 13.1 Å². The first-order valence-electron chi connectivity index (χ1n) is 9.73. The van der Waals surface area contributed by atoms with E-state index in [1.165, 1.54) is 6.08 Å². The second-order valence-corrected chi connectivity index (χ2v) is 8.24. The zero-order valence-corrected chi connectivity index (χ0v) is 17.2. The number of hydrogen-bond donors (Lipinski definition) is 3. The fraction of sp³-hybridized carbons (Fsp3) is 0.364. The van der Waals surface area contributed by atoms with Crippen molar-refractivity contribution < 1.29 is 4.74 Å². The molecule has 0 unspecified atom stereocenters. The molecule has 3 aliphatic carbocycles. The minimum absolute atomic E-state index is 0.110. The molecule has 152 valence electrons. The Bertz CT molecular complexity index is 1100. The zero-order valence-electron chi connectivity index (χ0n) is 17.2. The quantitative estimate of drug-likeness (QED) is 0.621. The molecule has 2 bridgehead atoms. The molecule has 5 rings (SSSR count). The van der Waals surface area contributed by atoms with Gasteiger partial charge in [0.15, 0.2) is 5.82 Å². The summed E-state index contributed by atoms with van der Waals surface area (Å²) in [5, 5.41) is 24.3. The van der Waals surface area contributed by atoms with Crippen molar-refractivity contribution in [1.29, 1.82) is 10.5 Å². The predicted molar refractivity (Wildman–Crippen MR) is 115 cm³/mol. The fourth-order valence-electron chi connectivity index (χ4n) is 4.57. The van der Waals surface area contributed by atoms with Crippen LogP contribution in [-0.2, 0) is 0 Å². The summed E-state index contributed by atoms with van der Waals surface area (Å²) in [6, 6.07) is 8.29. The van der Waals surface area contributed by atoms with Crippen LogP contribution in [-0.4, -0.2) is 22.6 Å². The SMILES string of the molecule is CNc1c(N)nc(NC23CC(C#N)(C2)C3)nc1Oc1c(C)cc(/C=C/C#N)cc1C. The van der Waals surface area contributed by atoms with Crippen molar-refractivity contribution in [3.05, 3.63) is 34.9 Å². The maximum atomic E-state index is 9.23. The van der Waals surface area contributed by atoms with Gasteiger partial charge in [0.25, 0.3) is 0 Å². The first kappa shape index (κ1) is 19.5. The number of nitrogens with zero attached hydrogens (tertiary/aromatic N) is 4. The van der Waals surface area contributed by atoms with Crippen LogP contribution in [0, 0.1) is 41.9 Å². The largest absolute Gasteiger partial charge is 0.436 e. The van der Waals surface area contributed by atoms with E-state index in [2.05, 4.69) is 26.7 Å². The summed E-state index contributed by atoms with van der Waals surface area (Å²) < 4.78 is 6.19. The van der Waals surface area contributed by atoms with E-state index in [0.29, 0.717) is 23.3 Å². The smallest absolute Gasteiger partial charge is 0.250 e. The molecule has 30 heavy (non-hydrogen) atoms. The van der Waals surface area contributed by atoms with Crippen LogP contribution < -0.4 is 21.1 Å². The summed E-state index contributed by atoms with van der Waals surface area (Å²) >= 11 is 0. The molecule has 0 amide bonds. The molecule has 0 saturated heterocycles. The predicted octanol–water partition coefficient (Wildman–Crippen LogP) is 3.90. The van der Waals surface area contributed by atoms with Gasteiger partial charge in [-0.1, -0.05) is 0 Å². The maximum Gasteiger partial charge on any atom is 0.250 e. The number of nitrogens with two attached hydrogens (primary N) is 1. The molecule has 8 nitrogen and oxygen atoms in total. The highest BCUT2D eigenvalue weighted by atomic mass is 16.5. The minimum atomic E-state index is -0.168. The number of rotatable bonds is 6. The first-order chi connectivity index (χ1) is 14.3. The molecule has 0 spiro atoms. The number of nitrogen functional groups attached to an aromatic ring is 1. The van der Waals surface area contributed by atoms with Crippen LogP contribution in [0.5, 0.6) is 11.6 Å². The Morgan fingerprint density at radius 1 is 1.17 bits per heavy atom. The second-order valence-electron chi connectivity index (χ2n) is 8.24. The van der Waals surface area contributed by atoms with Crippen molar-refractivity contribution in [3.63, 3.8) is 0 Å². The van der Waals surface area contributed by atoms with Crippen LogP contribution in [0.2, 0.25) is 0 Å². The third kappa shape index (κ3) is 3.17. The van der Waals surface area contributed by atoms with Gasteiger partial charge in [-0.3, -0.25) is 0 Å². The maximum absolute atomic E-state index is 9.23. The van der Waals surface area contributed by atoms with Crippen molar-refractivity contribution in [2.75, 3.05) is 23.4 Å². The Morgan fingerprint density at radius 3 is 2.40 bits per heavy atom. The zero-order chi connectivity index (χ0) is 21.5. The fourth-order valence-corrected chi connectivity index (χ4v) is 4.57. The highest BCUT2D eigenvalue weighted by Gasteiger charge is 2.69. The molecule has 0 aliphatic heterocycles. The van der Waals surface area contributed by atoms with Crippen LogP contribution in [0.25, 0.3) is 6.08 Å². The third-order valence-corrected chi connectivity index (χ3v) is 5.83. The van der Waals surface area contributed by atoms with E-state index < -0.39 is 0 Å². The monoisotopic (exact) mass is 401 g/mol. The van der Waals surface area contributed by atoms with Crippen molar-refractivity contribution in [2.45, 2.75) is 38.6 Å². The Balaban J connectivity index is 1.63. The molecular weight excluding hydrogens is 378 g/mol. The summed E-state index contributed by atoms with van der Waals surface area (Å²) in [6.45, 7) is 3.88. The lowest BCUT2D eigenvalue weighted by Crippen LogP contribution is -2.70. The van der Waals surface area contributed by atoms with E-state index in [9.17, 15) is 5.26 Å². The summed E-state index contributed by atoms with van der Waals surface area (Å²) in [5.41, 5.74) is 9.14. The number of nitriles is 2. The van der Waals surface area contributed by atoms with Crippen LogP contribution >= 0.6 is 0 Å². The number of anilines is 3. The number of ether oxygens (including phenoxy) is 1. The number of aryl methyl sites for hydroxylation is 2. The van der Waals surface area contributed by atoms with Crippen LogP contribution in [0.3, 0.4) is 0 Å². The van der Waals surface area contributed by atoms with Gasteiger partial charge >= 0.3 is 0 Å². The van der Waals surface area contributed by atoms with Gasteiger partial charge < -0.3 is 21.1 Å². The Hall–Kier alpha value is -3.78. The lowest BCUT2D eigenvalue weighted by Gasteiger charge is -2.66. The Morgan fingerprint density at radius 2 is 1.83 bits per heavy atom. The molecule has 4 N–H and O–H groups in total. The van der Waals surface area contributed by atoms with Gasteiger partial charge in [-0.25, -0.2) is 0 Å². The van der Waals surface area contributed by atoms with Gasteiger partial charge in [0.2, 0.25) is 11.8 Å². The molecule has 1 aromatic heterocycles. The first-order valence-corrected chi connectivity index (χ1v) is 9.73. The van der Waals surface area contributed by atoms with Crippen LogP contribution in [0.1, 0.15) is 36.0 Å². The highest BCUT2D eigenvalue weighted by Crippen LogP contribution is 2.67. The molecule has 1 heterocycles. The molecule has 0 atom stereocenters. The van der Waals surface area contributed by atoms with Gasteiger partial charge in [0.05, 0.1) is 17.6 Å². The van der Waals surface area contributed by atoms with Gasteiger partial charge in [-0.05, 0) is 68.0 Å². The van der Waals surface area contributed by atoms with E-state index >= 15 is 0 Å². The molecule has 0 radical (unpaired) electrons. The van der Waals surface area contributed by atoms with Gasteiger partial charge in [0, 0.05) is 18.7 Å². The summed E-state index contributed by atoms with van der Waals surface area (Å²) in [5.74, 6) is 1.70. The van der Waals surface area contributed by atoms with Gasteiger partial charge in [0.1, 0.15) is 11.4 Å². The topological polar surface area (TPSA) is 133 Å². The Kier molecular flexibility index (Phi) is 4.51. The molecule has 3 aliphatic rings. The van der Waals surface area contributed by atoms with Gasteiger partial charge in [-0.15, -0.1) is 0 Å². The van der Waals surface area contributed by atoms with E-state index in [0.717, 1.165) is 36.0 Å². The van der Waals surface area contributed by atoms with Gasteiger partial charge in [-0.2, -0.15) is 20.5 Å². The highest BCUT2D eigenvalue weighted by molar-refractivity contribution is 5.70. The van der Waals surface area contributed by atoms with E-state index in [4.69, 9.17) is 15.7 Å². The number of hydrogen-bond acceptors (Lipinski definition) is 8. The lowest BCUT2D eigenvalue weighted by atomic mass is 9.40. The van der Waals surface area contributed by atoms with Crippen molar-refractivity contribution >= 4 is 23.5 Å². The van der Waals surface area contributed by atoms with Crippen molar-refractivity contribution in [2.24, 2.45) is 5.41 Å². The minimum Gasteiger partial charge on any atom is -0.436 e. The van der Waals surface area contributed by atoms with Crippen molar-refractivity contribution in [3.8, 4) is 23.8 Å². The summed E-state index contributed by atoms with van der Waals surface area (Å²) in [6.07, 6.45) is 5.61. The molecule has 8 heteroatoms. The second kappa shape index (κ2) is 6.93. The average molecular weight is 401 g/mol. The molecule has 3 saturated carbocycles. The summed E-state index contributed by atoms with van der Waals surface area (Å²) in [7, 11) is 1.74. The molecule has 3 fully saturated rings. The summed E-state index contributed by atoms with van der Waals surface area (Å²) in [4.78, 5) is 8.94. The number of allylic oxidation sites excluding steroid dienone is 1. The van der Waals surface area contributed by atoms with E-state index in [1.807, 2.05) is 32.0 Å². The standard InChI is InChI=1S/C22H23N7O/c1-13-7-15(5-4-6-23)8-14(2)17(13)30-19-16(26-3)18(25)27-20(28-19)29-22-9-21(10-22,11-22)12-24/h4-5,7-8,26H,9-11H2,1-3H3,(H3,25,27,28,29)/b5-4+. The normalized spacial score (nSPS) is 23.6. The number of nitrogens with one attached hydrogen (secondary N) is 2. The van der Waals surface area contributed by atoms with Crippen molar-refractivity contribution in [1.82, 2.24) is 9.97 Å². The number of benzene rings is 1. The van der Waals surface area contributed by atoms with E-state index in [-0.39, 0.29) is 16.8 Å². The molecular formula is C22H23N7O. The molecule has 1 aromatic carbocycles. The Labute approximate surface area is 175 Å². The van der Waals surface area contributed by atoms with Crippen LogP contribution in [0.15, 0.2) is 18.2 Å². The average Bonchev–Trinajstić information content (AvgIpc) is 2.64. The third-order valence-electron chi connectivity index (χ3n) is 5.83. The number of aromatic nitrogens is 2. The molecule has 2 aromatic rings. The van der Waals surface area contributed by atoms with Crippen LogP contribution in [0.4, 0.5) is 17.5 Å².